The van der Waals surface area contributed by atoms with Gasteiger partial charge in [0.15, 0.2) is 6.10 Å². The molecule has 0 spiro atoms. The lowest BCUT2D eigenvalue weighted by Gasteiger charge is -2.38. The van der Waals surface area contributed by atoms with Crippen LogP contribution in [0.15, 0.2) is 0 Å². The highest BCUT2D eigenvalue weighted by molar-refractivity contribution is 5.81. The Hall–Kier alpha value is -0.730. The fraction of sp³-hybridized carbons (Fsp3) is 0.833. The molecule has 0 radical (unpaired) electrons. The smallest absolute Gasteiger partial charge is 0.277 e. The van der Waals surface area contributed by atoms with Crippen LogP contribution in [0.4, 0.5) is 0 Å². The van der Waals surface area contributed by atoms with Crippen LogP contribution < -0.4 is 0 Å². The van der Waals surface area contributed by atoms with Gasteiger partial charge in [0.05, 0.1) is 6.61 Å². The molecule has 1 saturated heterocycles. The number of hydroxylamine groups is 2. The van der Waals surface area contributed by atoms with E-state index in [0.717, 1.165) is 0 Å². The van der Waals surface area contributed by atoms with Gasteiger partial charge in [0.2, 0.25) is 0 Å². The minimum absolute atomic E-state index is 0.0298. The number of amides is 1. The van der Waals surface area contributed by atoms with Crippen LogP contribution in [0.3, 0.4) is 0 Å². The first-order chi connectivity index (χ1) is 6.00. The van der Waals surface area contributed by atoms with E-state index in [1.807, 2.05) is 0 Å². The van der Waals surface area contributed by atoms with Crippen molar-refractivity contribution in [2.45, 2.75) is 24.4 Å². The second-order valence-corrected chi connectivity index (χ2v) is 2.86. The Labute approximate surface area is 73.4 Å². The number of aliphatic hydroxyl groups is 4. The van der Waals surface area contributed by atoms with Gasteiger partial charge in [-0.3, -0.25) is 10.0 Å². The molecule has 7 heteroatoms. The van der Waals surface area contributed by atoms with E-state index in [0.29, 0.717) is 0 Å². The maximum atomic E-state index is 10.9. The minimum Gasteiger partial charge on any atom is -0.394 e. The normalized spacial score (nSPS) is 41.0. The molecular weight excluding hydrogens is 182 g/mol. The third kappa shape index (κ3) is 1.52. The molecule has 1 rings (SSSR count). The fourth-order valence-corrected chi connectivity index (χ4v) is 1.19. The maximum Gasteiger partial charge on any atom is 0.277 e. The number of hydrogen-bond acceptors (Lipinski definition) is 6. The average Bonchev–Trinajstić information content (AvgIpc) is 2.13. The summed E-state index contributed by atoms with van der Waals surface area (Å²) in [4.78, 5) is 10.9. The van der Waals surface area contributed by atoms with Crippen LogP contribution in [-0.2, 0) is 4.79 Å². The van der Waals surface area contributed by atoms with E-state index >= 15 is 0 Å². The molecule has 1 aliphatic rings. The molecule has 1 fully saturated rings. The van der Waals surface area contributed by atoms with Crippen molar-refractivity contribution in [2.24, 2.45) is 0 Å². The number of carbonyl (C=O) groups is 1. The van der Waals surface area contributed by atoms with Gasteiger partial charge in [-0.25, -0.2) is 5.06 Å². The Morgan fingerprint density at radius 2 is 1.77 bits per heavy atom. The van der Waals surface area contributed by atoms with E-state index in [4.69, 9.17) is 20.5 Å². The molecular formula is C6H11NO6. The lowest BCUT2D eigenvalue weighted by atomic mass is 9.95. The Morgan fingerprint density at radius 3 is 2.23 bits per heavy atom. The van der Waals surface area contributed by atoms with Crippen LogP contribution in [0.5, 0.6) is 0 Å². The number of hydrogen-bond donors (Lipinski definition) is 5. The van der Waals surface area contributed by atoms with Crippen molar-refractivity contribution < 1.29 is 30.4 Å². The summed E-state index contributed by atoms with van der Waals surface area (Å²) in [6.45, 7) is -0.701. The van der Waals surface area contributed by atoms with E-state index < -0.39 is 36.9 Å². The van der Waals surface area contributed by atoms with Gasteiger partial charge in [-0.1, -0.05) is 0 Å². The van der Waals surface area contributed by atoms with E-state index in [1.165, 1.54) is 0 Å². The molecule has 5 N–H and O–H groups in total. The minimum atomic E-state index is -1.86. The van der Waals surface area contributed by atoms with Crippen LogP contribution in [0.1, 0.15) is 0 Å². The number of rotatable bonds is 1. The van der Waals surface area contributed by atoms with Gasteiger partial charge < -0.3 is 20.4 Å². The molecule has 4 atom stereocenters. The second-order valence-electron chi connectivity index (χ2n) is 2.86. The van der Waals surface area contributed by atoms with Crippen molar-refractivity contribution in [2.75, 3.05) is 6.61 Å². The summed E-state index contributed by atoms with van der Waals surface area (Å²) in [5.41, 5.74) is 0. The summed E-state index contributed by atoms with van der Waals surface area (Å²) in [7, 11) is 0. The summed E-state index contributed by atoms with van der Waals surface area (Å²) < 4.78 is 0. The molecule has 1 heterocycles. The fourth-order valence-electron chi connectivity index (χ4n) is 1.19. The van der Waals surface area contributed by atoms with Crippen molar-refractivity contribution in [3.05, 3.63) is 0 Å². The molecule has 1 aliphatic heterocycles. The van der Waals surface area contributed by atoms with Crippen LogP contribution in [0.25, 0.3) is 0 Å². The van der Waals surface area contributed by atoms with E-state index in [1.54, 1.807) is 0 Å². The van der Waals surface area contributed by atoms with Crippen LogP contribution in [-0.4, -0.2) is 67.6 Å². The molecule has 0 aromatic rings. The van der Waals surface area contributed by atoms with Crippen LogP contribution in [0.2, 0.25) is 0 Å². The zero-order chi connectivity index (χ0) is 10.2. The van der Waals surface area contributed by atoms with Crippen molar-refractivity contribution in [3.8, 4) is 0 Å². The number of nitrogens with zero attached hydrogens (tertiary/aromatic N) is 1. The zero-order valence-electron chi connectivity index (χ0n) is 6.61. The van der Waals surface area contributed by atoms with Crippen molar-refractivity contribution in [3.63, 3.8) is 0 Å². The largest absolute Gasteiger partial charge is 0.394 e. The zero-order valence-corrected chi connectivity index (χ0v) is 6.61. The van der Waals surface area contributed by atoms with Gasteiger partial charge >= 0.3 is 0 Å². The molecule has 7 nitrogen and oxygen atoms in total. The highest BCUT2D eigenvalue weighted by Gasteiger charge is 2.46. The SMILES string of the molecule is O=C1[C@H](O)[C@@H](O)[C@H](O)[C@H](CO)N1O. The Kier molecular flexibility index (Phi) is 2.84. The molecule has 76 valence electrons. The van der Waals surface area contributed by atoms with E-state index in [-0.39, 0.29) is 5.06 Å². The average molecular weight is 193 g/mol. The Bertz CT molecular complexity index is 209. The summed E-state index contributed by atoms with van der Waals surface area (Å²) in [5.74, 6) is -1.14. The van der Waals surface area contributed by atoms with Crippen molar-refractivity contribution in [1.82, 2.24) is 5.06 Å². The summed E-state index contributed by atoms with van der Waals surface area (Å²) >= 11 is 0. The Morgan fingerprint density at radius 1 is 1.23 bits per heavy atom. The second kappa shape index (κ2) is 3.56. The summed E-state index contributed by atoms with van der Waals surface area (Å²) in [6.07, 6.45) is -5.11. The third-order valence-corrected chi connectivity index (χ3v) is 2.05. The predicted molar refractivity (Wildman–Crippen MR) is 37.5 cm³/mol. The predicted octanol–water partition coefficient (Wildman–Crippen LogP) is -3.34. The summed E-state index contributed by atoms with van der Waals surface area (Å²) in [6, 6.07) is -1.30. The van der Waals surface area contributed by atoms with Crippen molar-refractivity contribution in [1.29, 1.82) is 0 Å². The van der Waals surface area contributed by atoms with Crippen LogP contribution in [0, 0.1) is 0 Å². The van der Waals surface area contributed by atoms with Crippen LogP contribution >= 0.6 is 0 Å². The molecule has 0 saturated carbocycles. The molecule has 1 amide bonds. The first kappa shape index (κ1) is 10.4. The molecule has 0 aliphatic carbocycles. The molecule has 13 heavy (non-hydrogen) atoms. The number of carbonyl (C=O) groups excluding carboxylic acids is 1. The topological polar surface area (TPSA) is 121 Å². The van der Waals surface area contributed by atoms with E-state index in [2.05, 4.69) is 0 Å². The lowest BCUT2D eigenvalue weighted by molar-refractivity contribution is -0.233. The quantitative estimate of drug-likeness (QED) is 0.277. The first-order valence-electron chi connectivity index (χ1n) is 3.67. The molecule has 0 bridgehead atoms. The lowest BCUT2D eigenvalue weighted by Crippen LogP contribution is -2.64. The van der Waals surface area contributed by atoms with Gasteiger partial charge in [0.25, 0.3) is 5.91 Å². The molecule has 0 aromatic heterocycles. The van der Waals surface area contributed by atoms with Gasteiger partial charge in [0.1, 0.15) is 18.2 Å². The Balaban J connectivity index is 2.85. The standard InChI is InChI=1S/C6H11NO6/c8-1-2-3(9)4(10)5(11)6(12)7(2)13/h2-5,8-11,13H,1H2/t2-,3+,4-,5+/m0/s1. The number of aliphatic hydroxyl groups excluding tert-OH is 4. The van der Waals surface area contributed by atoms with Crippen molar-refractivity contribution >= 4 is 5.91 Å². The van der Waals surface area contributed by atoms with E-state index in [9.17, 15) is 9.90 Å². The highest BCUT2D eigenvalue weighted by Crippen LogP contribution is 2.17. The summed E-state index contributed by atoms with van der Waals surface area (Å²) in [5, 5.41) is 44.9. The van der Waals surface area contributed by atoms with Gasteiger partial charge in [0, 0.05) is 0 Å². The molecule has 0 aromatic carbocycles. The first-order valence-corrected chi connectivity index (χ1v) is 3.67. The maximum absolute atomic E-state index is 10.9. The van der Waals surface area contributed by atoms with Gasteiger partial charge in [-0.15, -0.1) is 0 Å². The van der Waals surface area contributed by atoms with Gasteiger partial charge in [-0.05, 0) is 0 Å². The molecule has 0 unspecified atom stereocenters. The third-order valence-electron chi connectivity index (χ3n) is 2.05. The highest BCUT2D eigenvalue weighted by atomic mass is 16.5. The van der Waals surface area contributed by atoms with Gasteiger partial charge in [-0.2, -0.15) is 0 Å². The monoisotopic (exact) mass is 193 g/mol. The number of piperidine rings is 1.